The lowest BCUT2D eigenvalue weighted by Gasteiger charge is -2.16. The van der Waals surface area contributed by atoms with Crippen LogP contribution in [-0.2, 0) is 10.2 Å². The molecule has 1 aromatic heterocycles. The molecule has 1 heterocycles. The van der Waals surface area contributed by atoms with E-state index >= 15 is 0 Å². The largest absolute Gasteiger partial charge is 0.324 e. The van der Waals surface area contributed by atoms with Crippen LogP contribution in [0, 0.1) is 0 Å². The van der Waals surface area contributed by atoms with E-state index in [1.807, 2.05) is 42.7 Å². The predicted octanol–water partition coefficient (Wildman–Crippen LogP) is 4.13. The number of amides is 1. The molecule has 21 heavy (non-hydrogen) atoms. The molecule has 0 aliphatic heterocycles. The molecule has 1 fully saturated rings. The van der Waals surface area contributed by atoms with Gasteiger partial charge in [-0.1, -0.05) is 23.7 Å². The van der Waals surface area contributed by atoms with Crippen molar-refractivity contribution in [3.05, 3.63) is 53.2 Å². The van der Waals surface area contributed by atoms with Gasteiger partial charge < -0.3 is 5.32 Å². The van der Waals surface area contributed by atoms with Gasteiger partial charge in [0.2, 0.25) is 5.91 Å². The second kappa shape index (κ2) is 5.70. The lowest BCUT2D eigenvalue weighted by molar-refractivity contribution is -0.118. The maximum atomic E-state index is 12.6. The third kappa shape index (κ3) is 2.92. The van der Waals surface area contributed by atoms with Gasteiger partial charge in [0.1, 0.15) is 0 Å². The Labute approximate surface area is 133 Å². The van der Waals surface area contributed by atoms with Crippen LogP contribution in [0.2, 0.25) is 5.02 Å². The van der Waals surface area contributed by atoms with E-state index < -0.39 is 5.41 Å². The smallest absolute Gasteiger partial charge is 0.235 e. The van der Waals surface area contributed by atoms with Crippen molar-refractivity contribution < 1.29 is 4.79 Å². The highest BCUT2D eigenvalue weighted by Gasteiger charge is 2.51. The van der Waals surface area contributed by atoms with Crippen molar-refractivity contribution >= 4 is 35.0 Å². The summed E-state index contributed by atoms with van der Waals surface area (Å²) in [7, 11) is 0. The number of benzene rings is 1. The number of halogens is 1. The van der Waals surface area contributed by atoms with Crippen LogP contribution in [0.1, 0.15) is 18.4 Å². The van der Waals surface area contributed by atoms with E-state index in [-0.39, 0.29) is 5.91 Å². The van der Waals surface area contributed by atoms with Gasteiger partial charge in [0.15, 0.2) is 0 Å². The van der Waals surface area contributed by atoms with E-state index in [4.69, 9.17) is 11.6 Å². The molecule has 0 bridgehead atoms. The van der Waals surface area contributed by atoms with E-state index in [1.165, 1.54) is 0 Å². The number of hydrogen-bond donors (Lipinski definition) is 1. The Morgan fingerprint density at radius 1 is 1.24 bits per heavy atom. The van der Waals surface area contributed by atoms with Gasteiger partial charge in [0.25, 0.3) is 0 Å². The summed E-state index contributed by atoms with van der Waals surface area (Å²) in [6.07, 6.45) is 5.41. The van der Waals surface area contributed by atoms with Gasteiger partial charge in [0.05, 0.1) is 22.3 Å². The molecule has 0 unspecified atom stereocenters. The number of hydrogen-bond acceptors (Lipinski definition) is 3. The first-order chi connectivity index (χ1) is 10.1. The number of nitrogens with one attached hydrogen (secondary N) is 1. The van der Waals surface area contributed by atoms with Gasteiger partial charge >= 0.3 is 0 Å². The molecule has 1 aromatic carbocycles. The van der Waals surface area contributed by atoms with Crippen molar-refractivity contribution in [1.29, 1.82) is 0 Å². The Kier molecular flexibility index (Phi) is 3.91. The number of carbonyl (C=O) groups is 1. The van der Waals surface area contributed by atoms with Gasteiger partial charge in [-0.15, -0.1) is 11.8 Å². The fraction of sp³-hybridized carbons (Fsp3) is 0.250. The molecule has 1 saturated carbocycles. The topological polar surface area (TPSA) is 42.0 Å². The maximum absolute atomic E-state index is 12.6. The van der Waals surface area contributed by atoms with Crippen molar-refractivity contribution in [1.82, 2.24) is 4.98 Å². The third-order valence-corrected chi connectivity index (χ3v) is 4.70. The van der Waals surface area contributed by atoms with Crippen LogP contribution in [0.3, 0.4) is 0 Å². The highest BCUT2D eigenvalue weighted by Crippen LogP contribution is 2.49. The molecule has 108 valence electrons. The average Bonchev–Trinajstić information content (AvgIpc) is 3.30. The number of carbonyl (C=O) groups excluding carboxylic acids is 1. The highest BCUT2D eigenvalue weighted by atomic mass is 35.5. The number of rotatable bonds is 4. The minimum absolute atomic E-state index is 0.0310. The summed E-state index contributed by atoms with van der Waals surface area (Å²) in [5.74, 6) is 0.0310. The van der Waals surface area contributed by atoms with Crippen LogP contribution in [0.5, 0.6) is 0 Å². The van der Waals surface area contributed by atoms with Crippen molar-refractivity contribution in [2.75, 3.05) is 11.6 Å². The maximum Gasteiger partial charge on any atom is 0.235 e. The molecule has 3 rings (SSSR count). The summed E-state index contributed by atoms with van der Waals surface area (Å²) in [5, 5.41) is 4.59. The summed E-state index contributed by atoms with van der Waals surface area (Å²) in [4.78, 5) is 16.8. The van der Waals surface area contributed by atoms with Crippen molar-refractivity contribution in [3.8, 4) is 0 Å². The molecule has 5 heteroatoms. The molecule has 1 aliphatic carbocycles. The minimum Gasteiger partial charge on any atom is -0.324 e. The van der Waals surface area contributed by atoms with E-state index in [1.54, 1.807) is 18.0 Å². The Bertz CT molecular complexity index is 651. The second-order valence-corrected chi connectivity index (χ2v) is 6.40. The van der Waals surface area contributed by atoms with Gasteiger partial charge in [-0.05, 0) is 48.9 Å². The number of aromatic nitrogens is 1. The molecule has 0 atom stereocenters. The lowest BCUT2D eigenvalue weighted by Crippen LogP contribution is -2.27. The van der Waals surface area contributed by atoms with Crippen molar-refractivity contribution in [3.63, 3.8) is 0 Å². The number of nitrogens with zero attached hydrogens (tertiary/aromatic N) is 1. The van der Waals surface area contributed by atoms with E-state index in [0.717, 1.165) is 29.1 Å². The van der Waals surface area contributed by atoms with Crippen LogP contribution in [-0.4, -0.2) is 17.1 Å². The number of thioether (sulfide) groups is 1. The Hall–Kier alpha value is -1.52. The molecule has 1 aliphatic rings. The van der Waals surface area contributed by atoms with E-state index in [9.17, 15) is 4.79 Å². The van der Waals surface area contributed by atoms with Gasteiger partial charge in [0, 0.05) is 5.02 Å². The highest BCUT2D eigenvalue weighted by molar-refractivity contribution is 7.98. The quantitative estimate of drug-likeness (QED) is 0.862. The van der Waals surface area contributed by atoms with Gasteiger partial charge in [-0.3, -0.25) is 4.79 Å². The molecule has 1 N–H and O–H groups in total. The standard InChI is InChI=1S/C16H15ClN2OS/c1-21-14-7-6-13(10-18-14)19-15(20)16(8-9-16)11-2-4-12(17)5-3-11/h2-7,10H,8-9H2,1H3,(H,19,20). The molecular weight excluding hydrogens is 304 g/mol. The summed E-state index contributed by atoms with van der Waals surface area (Å²) in [6.45, 7) is 0. The molecule has 1 amide bonds. The van der Waals surface area contributed by atoms with Crippen molar-refractivity contribution in [2.24, 2.45) is 0 Å². The monoisotopic (exact) mass is 318 g/mol. The van der Waals surface area contributed by atoms with Gasteiger partial charge in [-0.25, -0.2) is 4.98 Å². The fourth-order valence-corrected chi connectivity index (χ4v) is 2.85. The predicted molar refractivity (Wildman–Crippen MR) is 87.0 cm³/mol. The first kappa shape index (κ1) is 14.4. The first-order valence-corrected chi connectivity index (χ1v) is 8.32. The molecule has 2 aromatic rings. The number of pyridine rings is 1. The average molecular weight is 319 g/mol. The van der Waals surface area contributed by atoms with Gasteiger partial charge in [-0.2, -0.15) is 0 Å². The number of anilines is 1. The van der Waals surface area contributed by atoms with Crippen molar-refractivity contribution in [2.45, 2.75) is 23.3 Å². The normalized spacial score (nSPS) is 15.5. The third-order valence-electron chi connectivity index (χ3n) is 3.78. The second-order valence-electron chi connectivity index (χ2n) is 5.13. The minimum atomic E-state index is -0.400. The zero-order valence-corrected chi connectivity index (χ0v) is 13.2. The Morgan fingerprint density at radius 3 is 2.48 bits per heavy atom. The lowest BCUT2D eigenvalue weighted by atomic mass is 9.95. The molecule has 0 saturated heterocycles. The van der Waals surface area contributed by atoms with E-state index in [2.05, 4.69) is 10.3 Å². The Morgan fingerprint density at radius 2 is 1.95 bits per heavy atom. The van der Waals surface area contributed by atoms with Crippen LogP contribution in [0.4, 0.5) is 5.69 Å². The zero-order chi connectivity index (χ0) is 14.9. The van der Waals surface area contributed by atoms with E-state index in [0.29, 0.717) is 5.02 Å². The van der Waals surface area contributed by atoms with Crippen LogP contribution in [0.15, 0.2) is 47.6 Å². The molecule has 0 spiro atoms. The van der Waals surface area contributed by atoms with Crippen LogP contribution >= 0.6 is 23.4 Å². The first-order valence-electron chi connectivity index (χ1n) is 6.72. The molecular formula is C16H15ClN2OS. The summed E-state index contributed by atoms with van der Waals surface area (Å²) >= 11 is 7.49. The summed E-state index contributed by atoms with van der Waals surface area (Å²) in [6, 6.07) is 11.3. The summed E-state index contributed by atoms with van der Waals surface area (Å²) in [5.41, 5.74) is 1.36. The van der Waals surface area contributed by atoms with Crippen LogP contribution < -0.4 is 5.32 Å². The fourth-order valence-electron chi connectivity index (χ4n) is 2.37. The molecule has 0 radical (unpaired) electrons. The summed E-state index contributed by atoms with van der Waals surface area (Å²) < 4.78 is 0. The van der Waals surface area contributed by atoms with Crippen LogP contribution in [0.25, 0.3) is 0 Å². The zero-order valence-electron chi connectivity index (χ0n) is 11.6. The Balaban J connectivity index is 1.76. The SMILES string of the molecule is CSc1ccc(NC(=O)C2(c3ccc(Cl)cc3)CC2)cn1. The molecule has 3 nitrogen and oxygen atoms in total.